The van der Waals surface area contributed by atoms with E-state index in [2.05, 4.69) is 23.8 Å². The van der Waals surface area contributed by atoms with Crippen LogP contribution in [0.4, 0.5) is 0 Å². The van der Waals surface area contributed by atoms with Gasteiger partial charge in [0.15, 0.2) is 0 Å². The van der Waals surface area contributed by atoms with Crippen LogP contribution in [0.25, 0.3) is 0 Å². The van der Waals surface area contributed by atoms with Crippen molar-refractivity contribution in [1.82, 2.24) is 14.7 Å². The number of carbonyl (C=O) groups excluding carboxylic acids is 1. The van der Waals surface area contributed by atoms with E-state index in [1.54, 1.807) is 4.90 Å². The van der Waals surface area contributed by atoms with E-state index in [0.29, 0.717) is 30.4 Å². The molecule has 5 nitrogen and oxygen atoms in total. The molecule has 0 bridgehead atoms. The molecule has 19 heavy (non-hydrogen) atoms. The largest absolute Gasteiger partial charge is 0.393 e. The van der Waals surface area contributed by atoms with Crippen LogP contribution in [0.1, 0.15) is 19.8 Å². The summed E-state index contributed by atoms with van der Waals surface area (Å²) < 4.78 is 0. The molecule has 0 aromatic rings. The van der Waals surface area contributed by atoms with Crippen molar-refractivity contribution in [3.05, 3.63) is 0 Å². The quantitative estimate of drug-likeness (QED) is 0.704. The highest BCUT2D eigenvalue weighted by Gasteiger charge is 2.21. The second-order valence-corrected chi connectivity index (χ2v) is 5.94. The zero-order chi connectivity index (χ0) is 14.4. The summed E-state index contributed by atoms with van der Waals surface area (Å²) in [6, 6.07) is 0.566. The molecular weight excluding hydrogens is 260 g/mol. The minimum absolute atomic E-state index is 0.169. The molecule has 0 radical (unpaired) electrons. The van der Waals surface area contributed by atoms with Crippen LogP contribution in [-0.4, -0.2) is 78.5 Å². The number of nitrogens with zero attached hydrogens (tertiary/aromatic N) is 3. The summed E-state index contributed by atoms with van der Waals surface area (Å²) in [7, 11) is 3.96. The summed E-state index contributed by atoms with van der Waals surface area (Å²) in [4.78, 5) is 18.9. The first kappa shape index (κ1) is 16.3. The molecule has 1 saturated heterocycles. The summed E-state index contributed by atoms with van der Waals surface area (Å²) >= 11 is 4.82. The second kappa shape index (κ2) is 7.77. The van der Waals surface area contributed by atoms with E-state index in [9.17, 15) is 4.79 Å². The van der Waals surface area contributed by atoms with Crippen LogP contribution in [0.15, 0.2) is 0 Å². The first-order valence-corrected chi connectivity index (χ1v) is 7.26. The number of hydrogen-bond donors (Lipinski definition) is 1. The van der Waals surface area contributed by atoms with Gasteiger partial charge in [-0.25, -0.2) is 0 Å². The third kappa shape index (κ3) is 5.84. The maximum Gasteiger partial charge on any atom is 0.223 e. The Morgan fingerprint density at radius 2 is 2.11 bits per heavy atom. The van der Waals surface area contributed by atoms with Gasteiger partial charge in [-0.3, -0.25) is 4.79 Å². The number of amides is 1. The average molecular weight is 286 g/mol. The van der Waals surface area contributed by atoms with Crippen LogP contribution >= 0.6 is 12.2 Å². The summed E-state index contributed by atoms with van der Waals surface area (Å²) in [5.74, 6) is 0.169. The molecule has 1 aliphatic rings. The third-order valence-corrected chi connectivity index (χ3v) is 4.01. The molecule has 1 atom stereocenters. The Morgan fingerprint density at radius 3 is 2.68 bits per heavy atom. The molecule has 0 aromatic heterocycles. The van der Waals surface area contributed by atoms with Gasteiger partial charge in [0.1, 0.15) is 0 Å². The average Bonchev–Trinajstić information content (AvgIpc) is 2.36. The molecule has 0 spiro atoms. The Hall–Kier alpha value is -0.720. The van der Waals surface area contributed by atoms with Crippen LogP contribution in [-0.2, 0) is 4.79 Å². The number of hydrogen-bond acceptors (Lipinski definition) is 4. The smallest absolute Gasteiger partial charge is 0.223 e. The zero-order valence-corrected chi connectivity index (χ0v) is 13.1. The van der Waals surface area contributed by atoms with Gasteiger partial charge in [-0.05, 0) is 14.0 Å². The van der Waals surface area contributed by atoms with Gasteiger partial charge in [-0.1, -0.05) is 12.2 Å². The zero-order valence-electron chi connectivity index (χ0n) is 12.3. The van der Waals surface area contributed by atoms with Crippen molar-refractivity contribution < 1.29 is 4.79 Å². The molecule has 0 aliphatic carbocycles. The topological polar surface area (TPSA) is 52.8 Å². The van der Waals surface area contributed by atoms with Gasteiger partial charge in [0.25, 0.3) is 0 Å². The van der Waals surface area contributed by atoms with Crippen LogP contribution in [0.3, 0.4) is 0 Å². The summed E-state index contributed by atoms with van der Waals surface area (Å²) in [6.45, 7) is 6.85. The summed E-state index contributed by atoms with van der Waals surface area (Å²) in [5, 5.41) is 0. The van der Waals surface area contributed by atoms with Gasteiger partial charge in [-0.15, -0.1) is 0 Å². The fourth-order valence-corrected chi connectivity index (χ4v) is 2.27. The van der Waals surface area contributed by atoms with Crippen molar-refractivity contribution in [3.8, 4) is 0 Å². The lowest BCUT2D eigenvalue weighted by Crippen LogP contribution is -2.50. The molecule has 1 amide bonds. The Bertz CT molecular complexity index is 324. The SMILES string of the molecule is CC1CN(CCC(=O)N(C)CCC(N)=S)CCN1C. The minimum Gasteiger partial charge on any atom is -0.393 e. The number of thiocarbonyl (C=S) groups is 1. The van der Waals surface area contributed by atoms with Crippen molar-refractivity contribution in [2.75, 3.05) is 46.8 Å². The molecule has 1 aliphatic heterocycles. The van der Waals surface area contributed by atoms with Crippen molar-refractivity contribution in [1.29, 1.82) is 0 Å². The molecule has 1 unspecified atom stereocenters. The fraction of sp³-hybridized carbons (Fsp3) is 0.846. The number of piperazine rings is 1. The first-order chi connectivity index (χ1) is 8.90. The van der Waals surface area contributed by atoms with Crippen molar-refractivity contribution in [3.63, 3.8) is 0 Å². The van der Waals surface area contributed by atoms with Gasteiger partial charge in [0.2, 0.25) is 5.91 Å². The molecule has 1 rings (SSSR count). The molecule has 0 aromatic carbocycles. The highest BCUT2D eigenvalue weighted by atomic mass is 32.1. The van der Waals surface area contributed by atoms with Crippen LogP contribution < -0.4 is 5.73 Å². The lowest BCUT2D eigenvalue weighted by Gasteiger charge is -2.37. The third-order valence-electron chi connectivity index (χ3n) is 3.81. The monoisotopic (exact) mass is 286 g/mol. The Balaban J connectivity index is 2.24. The van der Waals surface area contributed by atoms with E-state index < -0.39 is 0 Å². The van der Waals surface area contributed by atoms with E-state index >= 15 is 0 Å². The number of carbonyl (C=O) groups is 1. The Morgan fingerprint density at radius 1 is 1.42 bits per heavy atom. The number of rotatable bonds is 6. The summed E-state index contributed by atoms with van der Waals surface area (Å²) in [5.41, 5.74) is 5.44. The highest BCUT2D eigenvalue weighted by Crippen LogP contribution is 2.07. The first-order valence-electron chi connectivity index (χ1n) is 6.85. The van der Waals surface area contributed by atoms with Crippen LogP contribution in [0.5, 0.6) is 0 Å². The maximum atomic E-state index is 11.9. The van der Waals surface area contributed by atoms with Crippen LogP contribution in [0.2, 0.25) is 0 Å². The minimum atomic E-state index is 0.169. The number of nitrogens with two attached hydrogens (primary N) is 1. The predicted molar refractivity (Wildman–Crippen MR) is 82.2 cm³/mol. The lowest BCUT2D eigenvalue weighted by atomic mass is 10.2. The maximum absolute atomic E-state index is 11.9. The van der Waals surface area contributed by atoms with Crippen molar-refractivity contribution >= 4 is 23.1 Å². The fourth-order valence-electron chi connectivity index (χ4n) is 2.17. The Kier molecular flexibility index (Phi) is 6.68. The van der Waals surface area contributed by atoms with Gasteiger partial charge < -0.3 is 20.4 Å². The molecular formula is C13H26N4OS. The van der Waals surface area contributed by atoms with Crippen molar-refractivity contribution in [2.45, 2.75) is 25.8 Å². The van der Waals surface area contributed by atoms with Crippen LogP contribution in [0, 0.1) is 0 Å². The highest BCUT2D eigenvalue weighted by molar-refractivity contribution is 7.80. The van der Waals surface area contributed by atoms with Gasteiger partial charge in [0.05, 0.1) is 4.99 Å². The molecule has 6 heteroatoms. The summed E-state index contributed by atoms with van der Waals surface area (Å²) in [6.07, 6.45) is 1.17. The molecule has 2 N–H and O–H groups in total. The lowest BCUT2D eigenvalue weighted by molar-refractivity contribution is -0.130. The normalized spacial score (nSPS) is 21.3. The van der Waals surface area contributed by atoms with E-state index in [-0.39, 0.29) is 5.91 Å². The van der Waals surface area contributed by atoms with Crippen molar-refractivity contribution in [2.24, 2.45) is 5.73 Å². The molecule has 1 fully saturated rings. The van der Waals surface area contributed by atoms with Gasteiger partial charge in [0, 0.05) is 58.7 Å². The second-order valence-electron chi connectivity index (χ2n) is 5.41. The predicted octanol–water partition coefficient (Wildman–Crippen LogP) is 0.147. The molecule has 1 heterocycles. The Labute approximate surface area is 121 Å². The number of likely N-dealkylation sites (N-methyl/N-ethyl adjacent to an activating group) is 1. The standard InChI is InChI=1S/C13H26N4OS/c1-11-10-17(9-8-15(11)2)7-5-13(18)16(3)6-4-12(14)19/h11H,4-10H2,1-3H3,(H2,14,19). The molecule has 0 saturated carbocycles. The van der Waals surface area contributed by atoms with Gasteiger partial charge >= 0.3 is 0 Å². The van der Waals surface area contributed by atoms with E-state index in [1.165, 1.54) is 0 Å². The van der Waals surface area contributed by atoms with Gasteiger partial charge in [-0.2, -0.15) is 0 Å². The van der Waals surface area contributed by atoms with E-state index in [0.717, 1.165) is 26.2 Å². The van der Waals surface area contributed by atoms with E-state index in [1.807, 2.05) is 7.05 Å². The van der Waals surface area contributed by atoms with E-state index in [4.69, 9.17) is 18.0 Å². The molecule has 110 valence electrons.